The Hall–Kier alpha value is -2.77. The lowest BCUT2D eigenvalue weighted by molar-refractivity contribution is 0.291. The highest BCUT2D eigenvalue weighted by molar-refractivity contribution is 6.31. The van der Waals surface area contributed by atoms with Crippen molar-refractivity contribution in [1.82, 2.24) is 10.3 Å². The lowest BCUT2D eigenvalue weighted by Crippen LogP contribution is -2.17. The third kappa shape index (κ3) is 4.94. The summed E-state index contributed by atoms with van der Waals surface area (Å²) in [6.07, 6.45) is 0. The van der Waals surface area contributed by atoms with Crippen LogP contribution in [0.4, 0.5) is 11.4 Å². The number of benzene rings is 3. The van der Waals surface area contributed by atoms with E-state index in [-0.39, 0.29) is 24.8 Å². The molecule has 3 aromatic carbocycles. The Morgan fingerprint density at radius 3 is 2.61 bits per heavy atom. The molecule has 4 aromatic rings. The summed E-state index contributed by atoms with van der Waals surface area (Å²) in [7, 11) is 1.63. The number of ether oxygens (including phenoxy) is 1. The maximum absolute atomic E-state index is 10.2. The van der Waals surface area contributed by atoms with Gasteiger partial charge in [-0.3, -0.25) is 0 Å². The minimum absolute atomic E-state index is 0. The average molecular weight is 460 g/mol. The third-order valence-electron chi connectivity index (χ3n) is 4.90. The maximum Gasteiger partial charge on any atom is 0.120 e. The van der Waals surface area contributed by atoms with Crippen molar-refractivity contribution in [2.45, 2.75) is 6.54 Å². The number of aliphatic hydroxyl groups excluding tert-OH is 1. The van der Waals surface area contributed by atoms with Crippen LogP contribution in [-0.4, -0.2) is 35.5 Å². The predicted molar refractivity (Wildman–Crippen MR) is 128 cm³/mol. The maximum atomic E-state index is 10.2. The van der Waals surface area contributed by atoms with Crippen LogP contribution < -0.4 is 15.4 Å². The molecule has 4 rings (SSSR count). The number of nitrogens with one attached hydrogen (secondary N) is 2. The van der Waals surface area contributed by atoms with E-state index in [1.807, 2.05) is 48.5 Å². The van der Waals surface area contributed by atoms with E-state index in [9.17, 15) is 5.11 Å². The standard InChI is InChI=1S/C23H22ClN3O3.ClH/c1-30-17-4-6-20-19(12-17)23(18-5-2-15(24)11-21(18)27-20)26-16-3-7-22(29)14(10-16)13-25-8-9-28;/h2-7,10-12,25,28-29H,8-9,13H2,1H3,(H,26,27);1H. The van der Waals surface area contributed by atoms with Crippen LogP contribution >= 0.6 is 24.0 Å². The van der Waals surface area contributed by atoms with Crippen LogP contribution in [0.15, 0.2) is 54.6 Å². The van der Waals surface area contributed by atoms with Crippen LogP contribution in [0.5, 0.6) is 11.5 Å². The number of hydrogen-bond acceptors (Lipinski definition) is 6. The Balaban J connectivity index is 0.00000272. The number of fused-ring (bicyclic) bond motifs is 2. The molecule has 0 radical (unpaired) electrons. The largest absolute Gasteiger partial charge is 0.508 e. The average Bonchev–Trinajstić information content (AvgIpc) is 2.75. The van der Waals surface area contributed by atoms with E-state index >= 15 is 0 Å². The minimum Gasteiger partial charge on any atom is -0.508 e. The number of anilines is 2. The molecule has 0 aliphatic carbocycles. The molecule has 0 aliphatic heterocycles. The SMILES string of the molecule is COc1ccc2nc3cc(Cl)ccc3c(Nc3ccc(O)c(CNCCO)c3)c2c1.Cl. The van der Waals surface area contributed by atoms with Gasteiger partial charge in [-0.2, -0.15) is 0 Å². The first-order chi connectivity index (χ1) is 14.6. The van der Waals surface area contributed by atoms with Crippen molar-refractivity contribution in [3.63, 3.8) is 0 Å². The Bertz CT molecular complexity index is 1220. The summed E-state index contributed by atoms with van der Waals surface area (Å²) in [6.45, 7) is 0.943. The fourth-order valence-electron chi connectivity index (χ4n) is 3.41. The first-order valence-corrected chi connectivity index (χ1v) is 9.94. The molecule has 0 bridgehead atoms. The van der Waals surface area contributed by atoms with Gasteiger partial charge in [0.1, 0.15) is 11.5 Å². The number of hydrogen-bond donors (Lipinski definition) is 4. The van der Waals surface area contributed by atoms with Crippen LogP contribution in [-0.2, 0) is 6.54 Å². The quantitative estimate of drug-likeness (QED) is 0.176. The van der Waals surface area contributed by atoms with Gasteiger partial charge in [0.2, 0.25) is 0 Å². The first kappa shape index (κ1) is 22.9. The zero-order valence-electron chi connectivity index (χ0n) is 16.9. The second kappa shape index (κ2) is 10.0. The number of methoxy groups -OCH3 is 1. The number of aliphatic hydroxyl groups is 1. The topological polar surface area (TPSA) is 86.6 Å². The summed E-state index contributed by atoms with van der Waals surface area (Å²) in [5.74, 6) is 0.934. The summed E-state index contributed by atoms with van der Waals surface area (Å²) in [6, 6.07) is 16.7. The van der Waals surface area contributed by atoms with Crippen LogP contribution in [0.2, 0.25) is 5.02 Å². The summed E-state index contributed by atoms with van der Waals surface area (Å²) < 4.78 is 5.41. The van der Waals surface area contributed by atoms with Gasteiger partial charge in [-0.1, -0.05) is 11.6 Å². The van der Waals surface area contributed by atoms with E-state index in [4.69, 9.17) is 26.4 Å². The molecule has 6 nitrogen and oxygen atoms in total. The summed E-state index contributed by atoms with van der Waals surface area (Å²) in [5.41, 5.74) is 4.03. The highest BCUT2D eigenvalue weighted by atomic mass is 35.5. The van der Waals surface area contributed by atoms with Crippen LogP contribution in [0.25, 0.3) is 21.8 Å². The molecule has 1 heterocycles. The van der Waals surface area contributed by atoms with E-state index < -0.39 is 0 Å². The molecule has 31 heavy (non-hydrogen) atoms. The summed E-state index contributed by atoms with van der Waals surface area (Å²) in [4.78, 5) is 4.74. The molecule has 0 spiro atoms. The number of nitrogens with zero attached hydrogens (tertiary/aromatic N) is 1. The molecule has 1 aromatic heterocycles. The van der Waals surface area contributed by atoms with Crippen molar-refractivity contribution in [1.29, 1.82) is 0 Å². The predicted octanol–water partition coefficient (Wildman–Crippen LogP) is 5.00. The van der Waals surface area contributed by atoms with E-state index in [0.29, 0.717) is 18.1 Å². The zero-order chi connectivity index (χ0) is 21.1. The van der Waals surface area contributed by atoms with E-state index in [0.717, 1.165) is 44.5 Å². The zero-order valence-corrected chi connectivity index (χ0v) is 18.4. The highest BCUT2D eigenvalue weighted by Crippen LogP contribution is 2.36. The number of aromatic hydroxyl groups is 1. The molecule has 0 aliphatic rings. The van der Waals surface area contributed by atoms with Gasteiger partial charge in [-0.05, 0) is 54.6 Å². The molecular weight excluding hydrogens is 437 g/mol. The molecule has 0 saturated heterocycles. The summed E-state index contributed by atoms with van der Waals surface area (Å²) >= 11 is 6.20. The Morgan fingerprint density at radius 1 is 1.00 bits per heavy atom. The monoisotopic (exact) mass is 459 g/mol. The van der Waals surface area contributed by atoms with Gasteiger partial charge in [0.05, 0.1) is 30.4 Å². The van der Waals surface area contributed by atoms with E-state index in [2.05, 4.69) is 10.6 Å². The van der Waals surface area contributed by atoms with E-state index in [1.165, 1.54) is 0 Å². The van der Waals surface area contributed by atoms with Gasteiger partial charge in [0.15, 0.2) is 0 Å². The number of phenolic OH excluding ortho intramolecular Hbond substituents is 1. The lowest BCUT2D eigenvalue weighted by Gasteiger charge is -2.16. The van der Waals surface area contributed by atoms with Gasteiger partial charge in [-0.25, -0.2) is 4.98 Å². The molecule has 8 heteroatoms. The lowest BCUT2D eigenvalue weighted by atomic mass is 10.1. The van der Waals surface area contributed by atoms with Crippen molar-refractivity contribution in [3.8, 4) is 11.5 Å². The van der Waals surface area contributed by atoms with Crippen molar-refractivity contribution in [3.05, 3.63) is 65.2 Å². The van der Waals surface area contributed by atoms with Gasteiger partial charge in [-0.15, -0.1) is 12.4 Å². The van der Waals surface area contributed by atoms with E-state index in [1.54, 1.807) is 13.2 Å². The molecule has 4 N–H and O–H groups in total. The number of pyridine rings is 1. The number of rotatable bonds is 7. The van der Waals surface area contributed by atoms with Crippen molar-refractivity contribution in [2.24, 2.45) is 0 Å². The Labute approximate surface area is 191 Å². The first-order valence-electron chi connectivity index (χ1n) is 9.56. The Morgan fingerprint density at radius 2 is 1.84 bits per heavy atom. The Kier molecular flexibility index (Phi) is 7.41. The van der Waals surface area contributed by atoms with Gasteiger partial charge >= 0.3 is 0 Å². The second-order valence-electron chi connectivity index (χ2n) is 6.90. The summed E-state index contributed by atoms with van der Waals surface area (Å²) in [5, 5.41) is 28.2. The fourth-order valence-corrected chi connectivity index (χ4v) is 3.58. The molecule has 0 unspecified atom stereocenters. The third-order valence-corrected chi connectivity index (χ3v) is 5.13. The van der Waals surface area contributed by atoms with Crippen LogP contribution in [0.3, 0.4) is 0 Å². The van der Waals surface area contributed by atoms with Crippen molar-refractivity contribution >= 4 is 57.2 Å². The number of halogens is 2. The molecule has 0 atom stereocenters. The van der Waals surface area contributed by atoms with Crippen LogP contribution in [0.1, 0.15) is 5.56 Å². The fraction of sp³-hybridized carbons (Fsp3) is 0.174. The van der Waals surface area contributed by atoms with Gasteiger partial charge in [0, 0.05) is 40.1 Å². The molecular formula is C23H23Cl2N3O3. The smallest absolute Gasteiger partial charge is 0.120 e. The van der Waals surface area contributed by atoms with Crippen LogP contribution in [0, 0.1) is 0 Å². The minimum atomic E-state index is 0. The van der Waals surface area contributed by atoms with Gasteiger partial charge in [0.25, 0.3) is 0 Å². The van der Waals surface area contributed by atoms with Gasteiger partial charge < -0.3 is 25.6 Å². The van der Waals surface area contributed by atoms with Crippen molar-refractivity contribution in [2.75, 3.05) is 25.6 Å². The highest BCUT2D eigenvalue weighted by Gasteiger charge is 2.12. The molecule has 0 saturated carbocycles. The second-order valence-corrected chi connectivity index (χ2v) is 7.34. The molecule has 162 valence electrons. The normalized spacial score (nSPS) is 10.8. The number of aromatic nitrogens is 1. The van der Waals surface area contributed by atoms with Crippen molar-refractivity contribution < 1.29 is 14.9 Å². The molecule has 0 amide bonds. The number of phenols is 1. The molecule has 0 fully saturated rings.